The van der Waals surface area contributed by atoms with E-state index in [1.807, 2.05) is 13.8 Å². The van der Waals surface area contributed by atoms with Crippen molar-refractivity contribution < 1.29 is 29.3 Å². The first-order chi connectivity index (χ1) is 15.5. The summed E-state index contributed by atoms with van der Waals surface area (Å²) in [6.45, 7) is 5.72. The van der Waals surface area contributed by atoms with Gasteiger partial charge < -0.3 is 20.3 Å². The van der Waals surface area contributed by atoms with Gasteiger partial charge in [0, 0.05) is 39.5 Å². The summed E-state index contributed by atoms with van der Waals surface area (Å²) >= 11 is 4.42. The second-order valence-corrected chi connectivity index (χ2v) is 10.2. The van der Waals surface area contributed by atoms with Crippen LogP contribution in [-0.2, 0) is 17.6 Å². The number of nitrogens with one attached hydrogen (secondary N) is 1. The highest BCUT2D eigenvalue weighted by atomic mass is 32.1. The fraction of sp³-hybridized carbons (Fsp3) is 0.400. The van der Waals surface area contributed by atoms with E-state index in [0.717, 1.165) is 0 Å². The van der Waals surface area contributed by atoms with Crippen molar-refractivity contribution in [1.82, 2.24) is 5.32 Å². The molecule has 0 aromatic heterocycles. The van der Waals surface area contributed by atoms with Crippen molar-refractivity contribution in [2.75, 3.05) is 13.7 Å². The zero-order valence-electron chi connectivity index (χ0n) is 19.2. The van der Waals surface area contributed by atoms with E-state index in [1.165, 1.54) is 13.2 Å². The van der Waals surface area contributed by atoms with Gasteiger partial charge in [-0.15, -0.1) is 0 Å². The molecule has 1 aliphatic rings. The normalized spacial score (nSPS) is 15.5. The minimum absolute atomic E-state index is 0.0585. The topological polar surface area (TPSA) is 113 Å². The quantitative estimate of drug-likeness (QED) is 0.213. The first kappa shape index (κ1) is 24.6. The molecule has 0 fully saturated rings. The van der Waals surface area contributed by atoms with Gasteiger partial charge in [-0.2, -0.15) is 12.6 Å². The van der Waals surface area contributed by atoms with Gasteiger partial charge in [0.25, 0.3) is 0 Å². The molecule has 3 N–H and O–H groups in total. The number of aromatic hydroxyl groups is 2. The summed E-state index contributed by atoms with van der Waals surface area (Å²) in [5.41, 5.74) is 1.20. The zero-order chi connectivity index (χ0) is 24.5. The maximum absolute atomic E-state index is 13.4. The SMILES string of the molecule is COc1cccc(C(=O)c2c(C)c(O)c3c(c2O)CC(C(=O)NCC(C)(C)S)CC3)c1C=O. The van der Waals surface area contributed by atoms with E-state index in [-0.39, 0.29) is 56.6 Å². The van der Waals surface area contributed by atoms with Gasteiger partial charge in [0.15, 0.2) is 12.1 Å². The lowest BCUT2D eigenvalue weighted by Crippen LogP contribution is -2.40. The smallest absolute Gasteiger partial charge is 0.223 e. The zero-order valence-corrected chi connectivity index (χ0v) is 20.1. The van der Waals surface area contributed by atoms with Gasteiger partial charge in [0.2, 0.25) is 5.91 Å². The van der Waals surface area contributed by atoms with Crippen LogP contribution < -0.4 is 10.1 Å². The molecule has 0 radical (unpaired) electrons. The Labute approximate surface area is 198 Å². The number of hydrogen-bond donors (Lipinski definition) is 4. The molecular weight excluding hydrogens is 442 g/mol. The van der Waals surface area contributed by atoms with Gasteiger partial charge in [-0.05, 0) is 46.1 Å². The summed E-state index contributed by atoms with van der Waals surface area (Å²) < 4.78 is 4.81. The summed E-state index contributed by atoms with van der Waals surface area (Å²) in [6.07, 6.45) is 1.62. The van der Waals surface area contributed by atoms with E-state index in [0.29, 0.717) is 36.8 Å². The maximum atomic E-state index is 13.4. The summed E-state index contributed by atoms with van der Waals surface area (Å²) in [7, 11) is 1.39. The minimum Gasteiger partial charge on any atom is -0.507 e. The van der Waals surface area contributed by atoms with Crippen LogP contribution in [0.3, 0.4) is 0 Å². The van der Waals surface area contributed by atoms with Crippen LogP contribution in [0.4, 0.5) is 0 Å². The Hall–Kier alpha value is -3.00. The summed E-state index contributed by atoms with van der Waals surface area (Å²) in [5.74, 6) is -1.28. The lowest BCUT2D eigenvalue weighted by atomic mass is 9.79. The number of ketones is 1. The lowest BCUT2D eigenvalue weighted by molar-refractivity contribution is -0.125. The van der Waals surface area contributed by atoms with Crippen molar-refractivity contribution in [2.24, 2.45) is 5.92 Å². The number of carbonyl (C=O) groups is 3. The number of carbonyl (C=O) groups excluding carboxylic acids is 3. The van der Waals surface area contributed by atoms with Crippen LogP contribution in [0.15, 0.2) is 18.2 Å². The Morgan fingerprint density at radius 2 is 1.94 bits per heavy atom. The predicted octanol–water partition coefficient (Wildman–Crippen LogP) is 3.39. The molecule has 0 aliphatic heterocycles. The van der Waals surface area contributed by atoms with Gasteiger partial charge in [-0.3, -0.25) is 14.4 Å². The third kappa shape index (κ3) is 4.85. The number of benzene rings is 2. The summed E-state index contributed by atoms with van der Waals surface area (Å²) in [5, 5.41) is 24.8. The molecule has 0 heterocycles. The highest BCUT2D eigenvalue weighted by Gasteiger charge is 2.33. The molecule has 7 nitrogen and oxygen atoms in total. The molecule has 1 unspecified atom stereocenters. The van der Waals surface area contributed by atoms with Crippen LogP contribution in [0.25, 0.3) is 0 Å². The molecule has 2 aromatic rings. The molecule has 0 bridgehead atoms. The van der Waals surface area contributed by atoms with E-state index in [9.17, 15) is 24.6 Å². The standard InChI is InChI=1S/C25H29NO6S/c1-13-20(22(29)15-6-5-7-19(32-4)18(15)11-27)23(30)17-10-14(8-9-16(17)21(13)28)24(31)26-12-25(2,3)33/h5-7,11,14,28,30,33H,8-10,12H2,1-4H3,(H,26,31). The third-order valence-corrected chi connectivity index (χ3v) is 6.20. The number of aldehydes is 1. The molecule has 0 saturated carbocycles. The number of phenols is 2. The minimum atomic E-state index is -0.604. The number of amides is 1. The van der Waals surface area contributed by atoms with Gasteiger partial charge in [-0.25, -0.2) is 0 Å². The Balaban J connectivity index is 2.03. The van der Waals surface area contributed by atoms with Crippen molar-refractivity contribution >= 4 is 30.6 Å². The number of fused-ring (bicyclic) bond motifs is 1. The molecule has 33 heavy (non-hydrogen) atoms. The Morgan fingerprint density at radius 1 is 1.24 bits per heavy atom. The molecule has 0 spiro atoms. The molecule has 176 valence electrons. The molecule has 3 rings (SSSR count). The Morgan fingerprint density at radius 3 is 2.55 bits per heavy atom. The van der Waals surface area contributed by atoms with Gasteiger partial charge >= 0.3 is 0 Å². The number of ether oxygens (including phenoxy) is 1. The summed E-state index contributed by atoms with van der Waals surface area (Å²) in [4.78, 5) is 37.8. The van der Waals surface area contributed by atoms with Crippen molar-refractivity contribution in [1.29, 1.82) is 0 Å². The number of phenolic OH excluding ortho intramolecular Hbond substituents is 2. The van der Waals surface area contributed by atoms with Crippen LogP contribution in [-0.4, -0.2) is 46.6 Å². The molecular formula is C25H29NO6S. The van der Waals surface area contributed by atoms with Crippen molar-refractivity contribution in [3.8, 4) is 17.2 Å². The Bertz CT molecular complexity index is 1120. The number of thiol groups is 1. The molecule has 2 aromatic carbocycles. The molecule has 1 aliphatic carbocycles. The fourth-order valence-electron chi connectivity index (χ4n) is 4.24. The van der Waals surface area contributed by atoms with E-state index in [2.05, 4.69) is 17.9 Å². The van der Waals surface area contributed by atoms with Crippen LogP contribution in [0, 0.1) is 12.8 Å². The Kier molecular flexibility index (Phi) is 7.07. The summed E-state index contributed by atoms with van der Waals surface area (Å²) in [6, 6.07) is 4.61. The molecule has 1 amide bonds. The highest BCUT2D eigenvalue weighted by molar-refractivity contribution is 7.81. The van der Waals surface area contributed by atoms with Crippen LogP contribution in [0.2, 0.25) is 0 Å². The average Bonchev–Trinajstić information content (AvgIpc) is 2.79. The van der Waals surface area contributed by atoms with E-state index in [4.69, 9.17) is 4.74 Å². The predicted molar refractivity (Wildman–Crippen MR) is 128 cm³/mol. The first-order valence-corrected chi connectivity index (χ1v) is 11.2. The largest absolute Gasteiger partial charge is 0.507 e. The molecule has 0 saturated heterocycles. The fourth-order valence-corrected chi connectivity index (χ4v) is 4.32. The average molecular weight is 472 g/mol. The van der Waals surface area contributed by atoms with E-state index >= 15 is 0 Å². The van der Waals surface area contributed by atoms with Crippen molar-refractivity contribution in [2.45, 2.75) is 44.8 Å². The second kappa shape index (κ2) is 9.47. The third-order valence-electron chi connectivity index (χ3n) is 6.04. The first-order valence-electron chi connectivity index (χ1n) is 10.7. The highest BCUT2D eigenvalue weighted by Crippen LogP contribution is 2.43. The van der Waals surface area contributed by atoms with Crippen molar-refractivity contribution in [3.63, 3.8) is 0 Å². The molecule has 8 heteroatoms. The van der Waals surface area contributed by atoms with Gasteiger partial charge in [-0.1, -0.05) is 12.1 Å². The maximum Gasteiger partial charge on any atom is 0.223 e. The second-order valence-electron chi connectivity index (χ2n) is 8.99. The van der Waals surface area contributed by atoms with E-state index in [1.54, 1.807) is 19.1 Å². The van der Waals surface area contributed by atoms with E-state index < -0.39 is 11.7 Å². The number of rotatable bonds is 7. The van der Waals surface area contributed by atoms with Gasteiger partial charge in [0.1, 0.15) is 17.2 Å². The van der Waals surface area contributed by atoms with Crippen LogP contribution in [0.1, 0.15) is 63.2 Å². The monoisotopic (exact) mass is 471 g/mol. The van der Waals surface area contributed by atoms with Crippen LogP contribution in [0.5, 0.6) is 17.2 Å². The van der Waals surface area contributed by atoms with Crippen LogP contribution >= 0.6 is 12.6 Å². The lowest BCUT2D eigenvalue weighted by Gasteiger charge is -2.28. The number of methoxy groups -OCH3 is 1. The van der Waals surface area contributed by atoms with Gasteiger partial charge in [0.05, 0.1) is 18.2 Å². The van der Waals surface area contributed by atoms with Crippen molar-refractivity contribution in [3.05, 3.63) is 51.6 Å². The molecule has 1 atom stereocenters. The number of hydrogen-bond acceptors (Lipinski definition) is 7.